The number of rotatable bonds is 1. The lowest BCUT2D eigenvalue weighted by atomic mass is 9.75. The molecule has 0 unspecified atom stereocenters. The minimum Gasteiger partial charge on any atom is -0.294 e. The highest BCUT2D eigenvalue weighted by molar-refractivity contribution is 9.10. The standard InChI is InChI=1S/C17H16BrNO/c1-17(2)9-15-13(16(20)10-17)7-8-14(19-15)11-3-5-12(18)6-4-11/h3-8H,9-10H2,1-2H3. The molecule has 0 fully saturated rings. The van der Waals surface area contributed by atoms with E-state index in [2.05, 4.69) is 29.8 Å². The van der Waals surface area contributed by atoms with Crippen molar-refractivity contribution in [3.8, 4) is 11.3 Å². The van der Waals surface area contributed by atoms with E-state index in [1.165, 1.54) is 0 Å². The Balaban J connectivity index is 2.05. The highest BCUT2D eigenvalue weighted by Gasteiger charge is 2.31. The van der Waals surface area contributed by atoms with Gasteiger partial charge in [-0.1, -0.05) is 41.9 Å². The van der Waals surface area contributed by atoms with Gasteiger partial charge in [0.1, 0.15) is 0 Å². The van der Waals surface area contributed by atoms with Gasteiger partial charge in [0.2, 0.25) is 0 Å². The number of ketones is 1. The summed E-state index contributed by atoms with van der Waals surface area (Å²) in [7, 11) is 0. The average molecular weight is 330 g/mol. The number of Topliss-reactive ketones (excluding diaryl/α,β-unsaturated/α-hetero) is 1. The number of carbonyl (C=O) groups excluding carboxylic acids is 1. The van der Waals surface area contributed by atoms with Crippen LogP contribution in [0.2, 0.25) is 0 Å². The first-order valence-corrected chi connectivity index (χ1v) is 7.53. The first-order valence-electron chi connectivity index (χ1n) is 6.74. The molecule has 20 heavy (non-hydrogen) atoms. The van der Waals surface area contributed by atoms with Crippen molar-refractivity contribution in [3.05, 3.63) is 52.1 Å². The highest BCUT2D eigenvalue weighted by Crippen LogP contribution is 2.34. The van der Waals surface area contributed by atoms with Crippen molar-refractivity contribution >= 4 is 21.7 Å². The fourth-order valence-corrected chi connectivity index (χ4v) is 2.98. The molecular formula is C17H16BrNO. The van der Waals surface area contributed by atoms with Crippen LogP contribution in [0.25, 0.3) is 11.3 Å². The zero-order chi connectivity index (χ0) is 14.3. The van der Waals surface area contributed by atoms with Crippen LogP contribution in [0.1, 0.15) is 36.3 Å². The van der Waals surface area contributed by atoms with Crippen molar-refractivity contribution < 1.29 is 4.79 Å². The molecule has 3 heteroatoms. The number of fused-ring (bicyclic) bond motifs is 1. The number of aromatic nitrogens is 1. The van der Waals surface area contributed by atoms with Gasteiger partial charge in [-0.05, 0) is 36.1 Å². The molecule has 2 aromatic rings. The van der Waals surface area contributed by atoms with Crippen molar-refractivity contribution in [3.63, 3.8) is 0 Å². The summed E-state index contributed by atoms with van der Waals surface area (Å²) >= 11 is 3.44. The van der Waals surface area contributed by atoms with Gasteiger partial charge in [-0.15, -0.1) is 0 Å². The van der Waals surface area contributed by atoms with Crippen molar-refractivity contribution in [1.29, 1.82) is 0 Å². The number of halogens is 1. The van der Waals surface area contributed by atoms with Gasteiger partial charge >= 0.3 is 0 Å². The number of benzene rings is 1. The maximum atomic E-state index is 12.1. The van der Waals surface area contributed by atoms with Crippen LogP contribution in [-0.2, 0) is 6.42 Å². The summed E-state index contributed by atoms with van der Waals surface area (Å²) in [4.78, 5) is 16.9. The van der Waals surface area contributed by atoms with Crippen LogP contribution in [0.15, 0.2) is 40.9 Å². The van der Waals surface area contributed by atoms with Gasteiger partial charge in [0.05, 0.1) is 11.4 Å². The maximum absolute atomic E-state index is 12.1. The fourth-order valence-electron chi connectivity index (χ4n) is 2.72. The van der Waals surface area contributed by atoms with Gasteiger partial charge in [0, 0.05) is 22.0 Å². The molecule has 3 rings (SSSR count). The first-order chi connectivity index (χ1) is 9.44. The quantitative estimate of drug-likeness (QED) is 0.761. The van der Waals surface area contributed by atoms with Crippen molar-refractivity contribution in [2.45, 2.75) is 26.7 Å². The number of nitrogens with zero attached hydrogens (tertiary/aromatic N) is 1. The molecule has 0 spiro atoms. The Morgan fingerprint density at radius 2 is 1.75 bits per heavy atom. The van der Waals surface area contributed by atoms with E-state index in [-0.39, 0.29) is 11.2 Å². The number of hydrogen-bond acceptors (Lipinski definition) is 2. The average Bonchev–Trinajstić information content (AvgIpc) is 2.37. The molecule has 2 nitrogen and oxygen atoms in total. The number of carbonyl (C=O) groups is 1. The summed E-state index contributed by atoms with van der Waals surface area (Å²) in [6, 6.07) is 12.0. The molecule has 0 aliphatic heterocycles. The van der Waals surface area contributed by atoms with E-state index in [0.717, 1.165) is 33.4 Å². The minimum atomic E-state index is 0.00935. The summed E-state index contributed by atoms with van der Waals surface area (Å²) in [6.45, 7) is 4.25. The van der Waals surface area contributed by atoms with E-state index < -0.39 is 0 Å². The maximum Gasteiger partial charge on any atom is 0.165 e. The summed E-state index contributed by atoms with van der Waals surface area (Å²) in [6.07, 6.45) is 1.47. The molecule has 0 bridgehead atoms. The molecule has 1 aromatic carbocycles. The van der Waals surface area contributed by atoms with Crippen molar-refractivity contribution in [2.75, 3.05) is 0 Å². The third kappa shape index (κ3) is 2.55. The van der Waals surface area contributed by atoms with Gasteiger partial charge in [0.15, 0.2) is 5.78 Å². The highest BCUT2D eigenvalue weighted by atomic mass is 79.9. The van der Waals surface area contributed by atoms with E-state index in [1.807, 2.05) is 36.4 Å². The monoisotopic (exact) mass is 329 g/mol. The lowest BCUT2D eigenvalue weighted by Gasteiger charge is -2.29. The zero-order valence-electron chi connectivity index (χ0n) is 11.6. The third-order valence-corrected chi connectivity index (χ3v) is 4.23. The topological polar surface area (TPSA) is 30.0 Å². The molecule has 0 N–H and O–H groups in total. The Bertz CT molecular complexity index is 674. The van der Waals surface area contributed by atoms with Crippen LogP contribution >= 0.6 is 15.9 Å². The Hall–Kier alpha value is -1.48. The molecule has 0 atom stereocenters. The first kappa shape index (κ1) is 13.5. The molecular weight excluding hydrogens is 314 g/mol. The van der Waals surface area contributed by atoms with Gasteiger partial charge in [-0.3, -0.25) is 9.78 Å². The Morgan fingerprint density at radius 3 is 2.45 bits per heavy atom. The van der Waals surface area contributed by atoms with Gasteiger partial charge in [0.25, 0.3) is 0 Å². The SMILES string of the molecule is CC1(C)CC(=O)c2ccc(-c3ccc(Br)cc3)nc2C1. The second-order valence-corrected chi connectivity index (χ2v) is 7.05. The molecule has 1 aliphatic rings. The van der Waals surface area contributed by atoms with Crippen LogP contribution in [0.4, 0.5) is 0 Å². The molecule has 0 amide bonds. The van der Waals surface area contributed by atoms with Crippen molar-refractivity contribution in [2.24, 2.45) is 5.41 Å². The summed E-state index contributed by atoms with van der Waals surface area (Å²) in [5.74, 6) is 0.214. The summed E-state index contributed by atoms with van der Waals surface area (Å²) in [5.41, 5.74) is 3.75. The summed E-state index contributed by atoms with van der Waals surface area (Å²) in [5, 5.41) is 0. The molecule has 0 saturated carbocycles. The van der Waals surface area contributed by atoms with E-state index >= 15 is 0 Å². The second-order valence-electron chi connectivity index (χ2n) is 6.14. The van der Waals surface area contributed by atoms with E-state index in [0.29, 0.717) is 6.42 Å². The van der Waals surface area contributed by atoms with Crippen LogP contribution < -0.4 is 0 Å². The fraction of sp³-hybridized carbons (Fsp3) is 0.294. The molecule has 1 aliphatic carbocycles. The Kier molecular flexibility index (Phi) is 3.25. The summed E-state index contributed by atoms with van der Waals surface area (Å²) < 4.78 is 1.05. The van der Waals surface area contributed by atoms with E-state index in [4.69, 9.17) is 4.98 Å². The minimum absolute atomic E-state index is 0.00935. The van der Waals surface area contributed by atoms with E-state index in [9.17, 15) is 4.79 Å². The normalized spacial score (nSPS) is 16.9. The largest absolute Gasteiger partial charge is 0.294 e. The van der Waals surface area contributed by atoms with Gasteiger partial charge < -0.3 is 0 Å². The Labute approximate surface area is 127 Å². The second kappa shape index (κ2) is 4.81. The Morgan fingerprint density at radius 1 is 1.05 bits per heavy atom. The number of hydrogen-bond donors (Lipinski definition) is 0. The predicted octanol–water partition coefficient (Wildman–Crippen LogP) is 4.67. The number of pyridine rings is 1. The van der Waals surface area contributed by atoms with Crippen molar-refractivity contribution in [1.82, 2.24) is 4.98 Å². The van der Waals surface area contributed by atoms with E-state index in [1.54, 1.807) is 0 Å². The van der Waals surface area contributed by atoms with Crippen LogP contribution in [-0.4, -0.2) is 10.8 Å². The van der Waals surface area contributed by atoms with Crippen LogP contribution in [0, 0.1) is 5.41 Å². The van der Waals surface area contributed by atoms with Crippen LogP contribution in [0.5, 0.6) is 0 Å². The zero-order valence-corrected chi connectivity index (χ0v) is 13.2. The molecule has 0 saturated heterocycles. The lowest BCUT2D eigenvalue weighted by molar-refractivity contribution is 0.0910. The lowest BCUT2D eigenvalue weighted by Crippen LogP contribution is -2.27. The molecule has 1 aromatic heterocycles. The molecule has 1 heterocycles. The predicted molar refractivity (Wildman–Crippen MR) is 83.8 cm³/mol. The van der Waals surface area contributed by atoms with Gasteiger partial charge in [-0.25, -0.2) is 0 Å². The van der Waals surface area contributed by atoms with Crippen LogP contribution in [0.3, 0.4) is 0 Å². The smallest absolute Gasteiger partial charge is 0.165 e. The van der Waals surface area contributed by atoms with Gasteiger partial charge in [-0.2, -0.15) is 0 Å². The third-order valence-electron chi connectivity index (χ3n) is 3.70. The molecule has 102 valence electrons. The molecule has 0 radical (unpaired) electrons.